The summed E-state index contributed by atoms with van der Waals surface area (Å²) in [5.41, 5.74) is 22.1. The zero-order chi connectivity index (χ0) is 52.9. The Morgan fingerprint density at radius 2 is 0.512 bits per heavy atom. The third kappa shape index (κ3) is 8.34. The molecule has 0 spiro atoms. The van der Waals surface area contributed by atoms with Crippen LogP contribution in [0, 0.1) is 0 Å². The molecule has 9 aromatic carbocycles. The molecule has 13 aromatic rings. The smallest absolute Gasteiger partial charge is 0.164 e. The van der Waals surface area contributed by atoms with Crippen LogP contribution >= 0.6 is 0 Å². The molecule has 16 rings (SSSR count). The summed E-state index contributed by atoms with van der Waals surface area (Å²) in [6.45, 7) is 0. The highest BCUT2D eigenvalue weighted by Gasteiger charge is 2.41. The topological polar surface area (TPSA) is 103 Å². The van der Waals surface area contributed by atoms with Gasteiger partial charge in [0.2, 0.25) is 0 Å². The first-order valence-electron chi connectivity index (χ1n) is 26.9. The molecule has 0 saturated heterocycles. The maximum absolute atomic E-state index is 5.27. The predicted molar refractivity (Wildman–Crippen MR) is 318 cm³/mol. The third-order valence-corrected chi connectivity index (χ3v) is 15.6. The zero-order valence-electron chi connectivity index (χ0n) is 43.1. The SMILES string of the molecule is c1ccc(-c2nc(-c3cccc(-c4ccncc4)c3)nc(-c3ccccc3-c3ccc4c(c3)C3c5ccccc5C4c4cc(-c5ccccc5-c5nc(-c6ccccc6)nc(-c6cccc(-c7ccncc7)c6)n5)ccc43)n2)cc1. The van der Waals surface area contributed by atoms with Gasteiger partial charge in [0.15, 0.2) is 34.9 Å². The maximum Gasteiger partial charge on any atom is 0.164 e. The van der Waals surface area contributed by atoms with Crippen molar-refractivity contribution in [1.29, 1.82) is 0 Å². The first kappa shape index (κ1) is 46.6. The van der Waals surface area contributed by atoms with E-state index in [2.05, 4.69) is 192 Å². The number of nitrogens with zero attached hydrogens (tertiary/aromatic N) is 8. The van der Waals surface area contributed by atoms with Gasteiger partial charge >= 0.3 is 0 Å². The van der Waals surface area contributed by atoms with Crippen LogP contribution < -0.4 is 0 Å². The molecule has 80 heavy (non-hydrogen) atoms. The number of pyridine rings is 2. The quantitative estimate of drug-likeness (QED) is 0.133. The fraction of sp³-hybridized carbons (Fsp3) is 0.0278. The lowest BCUT2D eigenvalue weighted by Crippen LogP contribution is -2.27. The monoisotopic (exact) mass is 1020 g/mol. The molecule has 3 aliphatic rings. The van der Waals surface area contributed by atoms with Gasteiger partial charge in [-0.05, 0) is 126 Å². The average Bonchev–Trinajstić information content (AvgIpc) is 3.66. The normalized spacial score (nSPS) is 13.8. The van der Waals surface area contributed by atoms with E-state index in [1.54, 1.807) is 0 Å². The summed E-state index contributed by atoms with van der Waals surface area (Å²) in [6.07, 6.45) is 7.26. The summed E-state index contributed by atoms with van der Waals surface area (Å²) in [6, 6.07) is 85.3. The largest absolute Gasteiger partial charge is 0.265 e. The highest BCUT2D eigenvalue weighted by atomic mass is 15.0. The van der Waals surface area contributed by atoms with Gasteiger partial charge < -0.3 is 0 Å². The van der Waals surface area contributed by atoms with E-state index < -0.39 is 0 Å². The molecule has 0 N–H and O–H groups in total. The molecule has 0 fully saturated rings. The van der Waals surface area contributed by atoms with Crippen LogP contribution in [-0.2, 0) is 0 Å². The van der Waals surface area contributed by atoms with Crippen molar-refractivity contribution in [2.24, 2.45) is 0 Å². The molecule has 8 heteroatoms. The zero-order valence-corrected chi connectivity index (χ0v) is 43.1. The van der Waals surface area contributed by atoms with Crippen molar-refractivity contribution in [2.75, 3.05) is 0 Å². The predicted octanol–water partition coefficient (Wildman–Crippen LogP) is 16.5. The minimum absolute atomic E-state index is 0.0289. The molecule has 0 amide bonds. The van der Waals surface area contributed by atoms with Crippen LogP contribution in [0.5, 0.6) is 0 Å². The van der Waals surface area contributed by atoms with Crippen molar-refractivity contribution >= 4 is 0 Å². The summed E-state index contributed by atoms with van der Waals surface area (Å²) < 4.78 is 0. The van der Waals surface area contributed by atoms with E-state index in [0.29, 0.717) is 34.9 Å². The first-order valence-corrected chi connectivity index (χ1v) is 26.9. The van der Waals surface area contributed by atoms with Crippen molar-refractivity contribution in [2.45, 2.75) is 11.8 Å². The van der Waals surface area contributed by atoms with Crippen molar-refractivity contribution < 1.29 is 0 Å². The van der Waals surface area contributed by atoms with Crippen LogP contribution in [0.1, 0.15) is 45.2 Å². The average molecular weight is 1020 g/mol. The third-order valence-electron chi connectivity index (χ3n) is 15.6. The Bertz CT molecular complexity index is 4200. The van der Waals surface area contributed by atoms with Gasteiger partial charge in [0.25, 0.3) is 0 Å². The van der Waals surface area contributed by atoms with Gasteiger partial charge in [-0.2, -0.15) is 0 Å². The Hall–Kier alpha value is -10.7. The molecule has 0 aliphatic heterocycles. The van der Waals surface area contributed by atoms with Gasteiger partial charge in [-0.1, -0.05) is 194 Å². The number of benzene rings is 9. The Morgan fingerprint density at radius 1 is 0.188 bits per heavy atom. The van der Waals surface area contributed by atoms with Gasteiger partial charge in [-0.25, -0.2) is 29.9 Å². The molecule has 0 radical (unpaired) electrons. The molecular formula is C72H46N8. The van der Waals surface area contributed by atoms with Crippen molar-refractivity contribution in [3.63, 3.8) is 0 Å². The van der Waals surface area contributed by atoms with Gasteiger partial charge in [0.05, 0.1) is 0 Å². The maximum atomic E-state index is 5.27. The molecule has 8 nitrogen and oxygen atoms in total. The second-order valence-electron chi connectivity index (χ2n) is 20.3. The lowest BCUT2D eigenvalue weighted by molar-refractivity contribution is 0.755. The van der Waals surface area contributed by atoms with E-state index in [4.69, 9.17) is 29.9 Å². The summed E-state index contributed by atoms with van der Waals surface area (Å²) in [5, 5.41) is 0. The number of rotatable bonds is 10. The van der Waals surface area contributed by atoms with E-state index >= 15 is 0 Å². The number of hydrogen-bond donors (Lipinski definition) is 0. The summed E-state index contributed by atoms with van der Waals surface area (Å²) in [5.74, 6) is 3.73. The van der Waals surface area contributed by atoms with Gasteiger partial charge in [-0.3, -0.25) is 9.97 Å². The Kier molecular flexibility index (Phi) is 11.5. The first-order chi connectivity index (χ1) is 39.6. The molecule has 374 valence electrons. The fourth-order valence-electron chi connectivity index (χ4n) is 11.9. The van der Waals surface area contributed by atoms with Gasteiger partial charge in [-0.15, -0.1) is 0 Å². The van der Waals surface area contributed by atoms with Crippen LogP contribution in [-0.4, -0.2) is 39.9 Å². The Balaban J connectivity index is 0.822. The van der Waals surface area contributed by atoms with E-state index in [9.17, 15) is 0 Å². The molecule has 2 bridgehead atoms. The van der Waals surface area contributed by atoms with Crippen LogP contribution in [0.15, 0.2) is 267 Å². The molecule has 4 aromatic heterocycles. The second kappa shape index (κ2) is 19.7. The highest BCUT2D eigenvalue weighted by molar-refractivity contribution is 5.86. The number of aromatic nitrogens is 8. The lowest BCUT2D eigenvalue weighted by Gasteiger charge is -2.42. The van der Waals surface area contributed by atoms with Crippen molar-refractivity contribution in [3.05, 3.63) is 301 Å². The van der Waals surface area contributed by atoms with E-state index in [1.165, 1.54) is 33.4 Å². The Morgan fingerprint density at radius 3 is 0.938 bits per heavy atom. The minimum atomic E-state index is 0.0289. The lowest BCUT2D eigenvalue weighted by atomic mass is 9.60. The Labute approximate surface area is 463 Å². The van der Waals surface area contributed by atoms with Gasteiger partial charge in [0.1, 0.15) is 0 Å². The van der Waals surface area contributed by atoms with Crippen molar-refractivity contribution in [3.8, 4) is 113 Å². The molecule has 0 saturated carbocycles. The van der Waals surface area contributed by atoms with E-state index in [-0.39, 0.29) is 11.8 Å². The fourth-order valence-corrected chi connectivity index (χ4v) is 11.9. The standard InChI is InChI=1S/C72H46N8/c1-3-15-47(16-4-1)67-75-69(53-21-13-19-49(41-53)45-33-37-73-38-34-45)79-71(77-67)61-27-11-7-23-55(61)51-29-31-59-63(43-51)65-57-25-9-10-26-58(57)66(59)64-44-52(30-32-60(64)65)56-24-8-12-28-62(56)72-78-68(48-17-5-2-6-18-48)76-70(80-72)54-22-14-20-50(42-54)46-35-39-74-40-36-46/h1-44,65-66H. The molecule has 4 heterocycles. The molecule has 3 aliphatic carbocycles. The van der Waals surface area contributed by atoms with Crippen molar-refractivity contribution in [1.82, 2.24) is 39.9 Å². The van der Waals surface area contributed by atoms with Crippen LogP contribution in [0.25, 0.3) is 113 Å². The minimum Gasteiger partial charge on any atom is -0.265 e. The highest BCUT2D eigenvalue weighted by Crippen LogP contribution is 2.57. The van der Waals surface area contributed by atoms with E-state index in [1.807, 2.05) is 85.5 Å². The summed E-state index contributed by atoms with van der Waals surface area (Å²) in [4.78, 5) is 39.7. The molecular weight excluding hydrogens is 977 g/mol. The van der Waals surface area contributed by atoms with Crippen LogP contribution in [0.3, 0.4) is 0 Å². The summed E-state index contributed by atoms with van der Waals surface area (Å²) >= 11 is 0. The molecule has 2 atom stereocenters. The second-order valence-corrected chi connectivity index (χ2v) is 20.3. The van der Waals surface area contributed by atoms with Crippen LogP contribution in [0.4, 0.5) is 0 Å². The van der Waals surface area contributed by atoms with Crippen LogP contribution in [0.2, 0.25) is 0 Å². The van der Waals surface area contributed by atoms with E-state index in [0.717, 1.165) is 77.9 Å². The summed E-state index contributed by atoms with van der Waals surface area (Å²) in [7, 11) is 0. The van der Waals surface area contributed by atoms with Gasteiger partial charge in [0, 0.05) is 70.0 Å². The number of hydrogen-bond acceptors (Lipinski definition) is 8. The molecule has 2 unspecified atom stereocenters.